The smallest absolute Gasteiger partial charge is 0.203 e. The van der Waals surface area contributed by atoms with Gasteiger partial charge in [-0.2, -0.15) is 5.10 Å². The fourth-order valence-corrected chi connectivity index (χ4v) is 3.90. The number of aryl methyl sites for hydroxylation is 1. The lowest BCUT2D eigenvalue weighted by atomic mass is 9.99. The van der Waals surface area contributed by atoms with Gasteiger partial charge in [0, 0.05) is 17.4 Å². The summed E-state index contributed by atoms with van der Waals surface area (Å²) >= 11 is 1.55. The molecular formula is C21H21N3OS. The van der Waals surface area contributed by atoms with E-state index < -0.39 is 0 Å². The highest BCUT2D eigenvalue weighted by molar-refractivity contribution is 7.14. The van der Waals surface area contributed by atoms with Crippen LogP contribution in [0.1, 0.15) is 30.5 Å². The van der Waals surface area contributed by atoms with Crippen LogP contribution in [0.25, 0.3) is 11.3 Å². The van der Waals surface area contributed by atoms with Crippen molar-refractivity contribution in [2.24, 2.45) is 5.10 Å². The predicted molar refractivity (Wildman–Crippen MR) is 108 cm³/mol. The number of fused-ring (bicyclic) bond motifs is 1. The molecule has 4 rings (SSSR count). The summed E-state index contributed by atoms with van der Waals surface area (Å²) in [7, 11) is 0. The molecule has 0 bridgehead atoms. The Morgan fingerprint density at radius 3 is 2.85 bits per heavy atom. The molecule has 4 nitrogen and oxygen atoms in total. The molecule has 1 aromatic heterocycles. The summed E-state index contributed by atoms with van der Waals surface area (Å²) in [6.07, 6.45) is 2.76. The molecule has 0 atom stereocenters. The average Bonchev–Trinajstić information content (AvgIpc) is 3.19. The van der Waals surface area contributed by atoms with Gasteiger partial charge in [0.05, 0.1) is 11.9 Å². The number of nitrogens with zero attached hydrogens (tertiary/aromatic N) is 2. The lowest BCUT2D eigenvalue weighted by Crippen LogP contribution is -2.24. The largest absolute Gasteiger partial charge is 0.487 e. The molecule has 2 aromatic carbocycles. The maximum atomic E-state index is 6.03. The quantitative estimate of drug-likeness (QED) is 0.507. The number of thiazole rings is 1. The summed E-state index contributed by atoms with van der Waals surface area (Å²) in [5.74, 6) is 1.02. The van der Waals surface area contributed by atoms with Crippen molar-refractivity contribution in [1.29, 1.82) is 0 Å². The second-order valence-electron chi connectivity index (χ2n) is 7.14. The van der Waals surface area contributed by atoms with Crippen molar-refractivity contribution in [2.75, 3.05) is 5.43 Å². The highest BCUT2D eigenvalue weighted by atomic mass is 32.1. The van der Waals surface area contributed by atoms with Crippen LogP contribution in [0, 0.1) is 6.92 Å². The SMILES string of the molecule is Cc1cc(C=NNc2nc(-c3ccccc3)cs2)cc2c1OC(C)(C)C2. The minimum absolute atomic E-state index is 0.129. The van der Waals surface area contributed by atoms with Crippen molar-refractivity contribution in [3.05, 3.63) is 64.5 Å². The molecule has 1 N–H and O–H groups in total. The Kier molecular flexibility index (Phi) is 4.24. The van der Waals surface area contributed by atoms with E-state index in [0.29, 0.717) is 0 Å². The van der Waals surface area contributed by atoms with Crippen LogP contribution in [0.4, 0.5) is 5.13 Å². The molecule has 1 aliphatic rings. The van der Waals surface area contributed by atoms with Gasteiger partial charge in [-0.1, -0.05) is 30.3 Å². The van der Waals surface area contributed by atoms with Crippen molar-refractivity contribution in [1.82, 2.24) is 4.98 Å². The third kappa shape index (κ3) is 3.48. The molecule has 0 fully saturated rings. The average molecular weight is 363 g/mol. The lowest BCUT2D eigenvalue weighted by Gasteiger charge is -2.17. The van der Waals surface area contributed by atoms with Gasteiger partial charge in [0.25, 0.3) is 0 Å². The Morgan fingerprint density at radius 1 is 1.23 bits per heavy atom. The molecule has 3 aromatic rings. The van der Waals surface area contributed by atoms with Crippen molar-refractivity contribution >= 4 is 22.7 Å². The first-order chi connectivity index (χ1) is 12.5. The molecule has 26 heavy (non-hydrogen) atoms. The molecule has 132 valence electrons. The van der Waals surface area contributed by atoms with E-state index in [1.165, 1.54) is 5.56 Å². The van der Waals surface area contributed by atoms with E-state index in [2.05, 4.69) is 60.5 Å². The fourth-order valence-electron chi connectivity index (χ4n) is 3.23. The zero-order valence-corrected chi connectivity index (χ0v) is 15.9. The molecule has 0 unspecified atom stereocenters. The van der Waals surface area contributed by atoms with Gasteiger partial charge >= 0.3 is 0 Å². The van der Waals surface area contributed by atoms with E-state index in [9.17, 15) is 0 Å². The third-order valence-corrected chi connectivity index (χ3v) is 5.06. The minimum atomic E-state index is -0.129. The molecule has 0 aliphatic carbocycles. The number of aromatic nitrogens is 1. The van der Waals surface area contributed by atoms with E-state index in [1.54, 1.807) is 11.3 Å². The van der Waals surface area contributed by atoms with E-state index in [4.69, 9.17) is 4.74 Å². The molecule has 0 spiro atoms. The van der Waals surface area contributed by atoms with E-state index in [0.717, 1.165) is 39.7 Å². The Hall–Kier alpha value is -2.66. The summed E-state index contributed by atoms with van der Waals surface area (Å²) in [5.41, 5.74) is 8.43. The van der Waals surface area contributed by atoms with Gasteiger partial charge in [0.1, 0.15) is 11.4 Å². The van der Waals surface area contributed by atoms with Crippen molar-refractivity contribution in [3.63, 3.8) is 0 Å². The van der Waals surface area contributed by atoms with Gasteiger partial charge in [-0.15, -0.1) is 11.3 Å². The molecule has 5 heteroatoms. The highest BCUT2D eigenvalue weighted by Crippen LogP contribution is 2.37. The number of hydrogen-bond donors (Lipinski definition) is 1. The topological polar surface area (TPSA) is 46.5 Å². The Labute approximate surface area is 157 Å². The first kappa shape index (κ1) is 16.8. The summed E-state index contributed by atoms with van der Waals surface area (Å²) in [4.78, 5) is 4.58. The van der Waals surface area contributed by atoms with E-state index in [-0.39, 0.29) is 5.60 Å². The first-order valence-corrected chi connectivity index (χ1v) is 9.51. The van der Waals surface area contributed by atoms with Gasteiger partial charge in [0.2, 0.25) is 5.13 Å². The molecule has 2 heterocycles. The number of hydrazone groups is 1. The Bertz CT molecular complexity index is 961. The van der Waals surface area contributed by atoms with Crippen molar-refractivity contribution in [3.8, 4) is 17.0 Å². The maximum Gasteiger partial charge on any atom is 0.203 e. The highest BCUT2D eigenvalue weighted by Gasteiger charge is 2.31. The van der Waals surface area contributed by atoms with Crippen LogP contribution in [0.15, 0.2) is 52.9 Å². The zero-order valence-electron chi connectivity index (χ0n) is 15.1. The van der Waals surface area contributed by atoms with E-state index in [1.807, 2.05) is 29.8 Å². The van der Waals surface area contributed by atoms with Crippen molar-refractivity contribution < 1.29 is 4.74 Å². The number of ether oxygens (including phenoxy) is 1. The second-order valence-corrected chi connectivity index (χ2v) is 8.00. The molecule has 0 radical (unpaired) electrons. The first-order valence-electron chi connectivity index (χ1n) is 8.63. The number of hydrogen-bond acceptors (Lipinski definition) is 5. The van der Waals surface area contributed by atoms with Gasteiger partial charge < -0.3 is 4.74 Å². The minimum Gasteiger partial charge on any atom is -0.487 e. The summed E-state index contributed by atoms with van der Waals surface area (Å²) < 4.78 is 6.03. The summed E-state index contributed by atoms with van der Waals surface area (Å²) in [6.45, 7) is 6.32. The standard InChI is InChI=1S/C21H21N3OS/c1-14-9-15(10-17-11-21(2,3)25-19(14)17)12-22-24-20-23-18(13-26-20)16-7-5-4-6-8-16/h4-10,12-13H,11H2,1-3H3,(H,23,24). The number of rotatable bonds is 4. The van der Waals surface area contributed by atoms with Crippen LogP contribution in [-0.4, -0.2) is 16.8 Å². The van der Waals surface area contributed by atoms with Gasteiger partial charge in [-0.25, -0.2) is 4.98 Å². The van der Waals surface area contributed by atoms with Gasteiger partial charge in [0.15, 0.2) is 0 Å². The molecule has 1 aliphatic heterocycles. The number of anilines is 1. The number of benzene rings is 2. The fraction of sp³-hybridized carbons (Fsp3) is 0.238. The zero-order chi connectivity index (χ0) is 18.1. The van der Waals surface area contributed by atoms with Crippen molar-refractivity contribution in [2.45, 2.75) is 32.8 Å². The number of nitrogens with one attached hydrogen (secondary N) is 1. The lowest BCUT2D eigenvalue weighted by molar-refractivity contribution is 0.137. The Balaban J connectivity index is 1.47. The van der Waals surface area contributed by atoms with Gasteiger partial charge in [-0.05, 0) is 49.6 Å². The second kappa shape index (κ2) is 6.57. The molecule has 0 saturated heterocycles. The van der Waals surface area contributed by atoms with Crippen LogP contribution >= 0.6 is 11.3 Å². The molecular weight excluding hydrogens is 342 g/mol. The van der Waals surface area contributed by atoms with Crippen LogP contribution in [0.2, 0.25) is 0 Å². The monoisotopic (exact) mass is 363 g/mol. The molecule has 0 amide bonds. The van der Waals surface area contributed by atoms with Crippen LogP contribution in [0.5, 0.6) is 5.75 Å². The normalized spacial score (nSPS) is 15.0. The Morgan fingerprint density at radius 2 is 2.04 bits per heavy atom. The third-order valence-electron chi connectivity index (χ3n) is 4.32. The van der Waals surface area contributed by atoms with Crippen LogP contribution in [-0.2, 0) is 6.42 Å². The van der Waals surface area contributed by atoms with Gasteiger partial charge in [-0.3, -0.25) is 5.43 Å². The molecule has 0 saturated carbocycles. The van der Waals surface area contributed by atoms with Crippen LogP contribution < -0.4 is 10.2 Å². The van der Waals surface area contributed by atoms with Crippen LogP contribution in [0.3, 0.4) is 0 Å². The van der Waals surface area contributed by atoms with E-state index >= 15 is 0 Å². The maximum absolute atomic E-state index is 6.03. The summed E-state index contributed by atoms with van der Waals surface area (Å²) in [6, 6.07) is 14.4. The summed E-state index contributed by atoms with van der Waals surface area (Å²) in [5, 5.41) is 7.17. The predicted octanol–water partition coefficient (Wildman–Crippen LogP) is 5.28.